The Morgan fingerprint density at radius 3 is 2.50 bits per heavy atom. The number of hydrogen-bond donors (Lipinski definition) is 2. The van der Waals surface area contributed by atoms with Crippen LogP contribution in [0.1, 0.15) is 44.6 Å². The molecule has 1 aromatic carbocycles. The Kier molecular flexibility index (Phi) is 9.93. The average molecular weight is 446 g/mol. The minimum Gasteiger partial charge on any atom is -0.497 e. The molecule has 2 heterocycles. The van der Waals surface area contributed by atoms with E-state index < -0.39 is 0 Å². The topological polar surface area (TPSA) is 61.4 Å². The zero-order valence-corrected chi connectivity index (χ0v) is 20.5. The van der Waals surface area contributed by atoms with Crippen molar-refractivity contribution in [3.63, 3.8) is 0 Å². The van der Waals surface area contributed by atoms with Crippen molar-refractivity contribution in [3.05, 3.63) is 23.8 Å². The maximum Gasteiger partial charge on any atom is 0.191 e. The van der Waals surface area contributed by atoms with E-state index in [1.165, 1.54) is 50.9 Å². The fraction of sp³-hybridized carbons (Fsp3) is 0.720. The second-order valence-corrected chi connectivity index (χ2v) is 9.34. The van der Waals surface area contributed by atoms with Gasteiger partial charge >= 0.3 is 0 Å². The van der Waals surface area contributed by atoms with Crippen molar-refractivity contribution in [1.29, 1.82) is 0 Å². The molecule has 0 amide bonds. The van der Waals surface area contributed by atoms with Crippen molar-refractivity contribution < 1.29 is 9.47 Å². The van der Waals surface area contributed by atoms with Crippen LogP contribution in [-0.2, 0) is 6.54 Å². The highest BCUT2D eigenvalue weighted by atomic mass is 16.5. The number of nitrogens with zero attached hydrogens (tertiary/aromatic N) is 3. The first-order chi connectivity index (χ1) is 15.6. The van der Waals surface area contributed by atoms with Gasteiger partial charge in [0.2, 0.25) is 0 Å². The highest BCUT2D eigenvalue weighted by molar-refractivity contribution is 5.79. The van der Waals surface area contributed by atoms with E-state index in [0.29, 0.717) is 6.04 Å². The van der Waals surface area contributed by atoms with Crippen LogP contribution in [0.25, 0.3) is 0 Å². The largest absolute Gasteiger partial charge is 0.497 e. The van der Waals surface area contributed by atoms with Gasteiger partial charge in [-0.3, -0.25) is 9.89 Å². The first-order valence-corrected chi connectivity index (χ1v) is 12.2. The number of rotatable bonds is 10. The molecule has 0 aliphatic carbocycles. The number of piperidine rings is 1. The summed E-state index contributed by atoms with van der Waals surface area (Å²) in [6, 6.07) is 6.52. The summed E-state index contributed by atoms with van der Waals surface area (Å²) in [7, 11) is 5.25. The monoisotopic (exact) mass is 445 g/mol. The minimum atomic E-state index is 0.420. The first kappa shape index (κ1) is 24.6. The molecular formula is C25H43N5O2. The van der Waals surface area contributed by atoms with Crippen molar-refractivity contribution in [3.8, 4) is 11.5 Å². The zero-order valence-electron chi connectivity index (χ0n) is 20.5. The molecule has 0 saturated carbocycles. The van der Waals surface area contributed by atoms with Gasteiger partial charge in [0.05, 0.1) is 14.2 Å². The smallest absolute Gasteiger partial charge is 0.191 e. The van der Waals surface area contributed by atoms with Crippen molar-refractivity contribution in [1.82, 2.24) is 20.4 Å². The van der Waals surface area contributed by atoms with Crippen molar-refractivity contribution in [2.75, 3.05) is 60.5 Å². The van der Waals surface area contributed by atoms with Crippen LogP contribution in [0.5, 0.6) is 11.5 Å². The number of nitrogens with one attached hydrogen (secondary N) is 2. The molecule has 7 heteroatoms. The summed E-state index contributed by atoms with van der Waals surface area (Å²) in [5.41, 5.74) is 1.22. The third kappa shape index (κ3) is 7.85. The van der Waals surface area contributed by atoms with Gasteiger partial charge in [-0.2, -0.15) is 0 Å². The molecule has 3 rings (SSSR count). The Labute approximate surface area is 194 Å². The highest BCUT2D eigenvalue weighted by Crippen LogP contribution is 2.24. The SMILES string of the molecule is CN=C(NCCCCN1CCCC(C)C1)NC1CCN(Cc2cc(OC)cc(OC)c2)C1. The summed E-state index contributed by atoms with van der Waals surface area (Å²) in [6.07, 6.45) is 6.30. The number of unbranched alkanes of at least 4 members (excludes halogenated alkanes) is 1. The number of hydrogen-bond acceptors (Lipinski definition) is 5. The molecule has 2 unspecified atom stereocenters. The van der Waals surface area contributed by atoms with Gasteiger partial charge in [-0.15, -0.1) is 0 Å². The zero-order chi connectivity index (χ0) is 22.8. The van der Waals surface area contributed by atoms with Crippen LogP contribution < -0.4 is 20.1 Å². The molecule has 0 aromatic heterocycles. The maximum absolute atomic E-state index is 5.41. The maximum atomic E-state index is 5.41. The summed E-state index contributed by atoms with van der Waals surface area (Å²) < 4.78 is 10.8. The summed E-state index contributed by atoms with van der Waals surface area (Å²) in [5, 5.41) is 7.12. The third-order valence-electron chi connectivity index (χ3n) is 6.59. The van der Waals surface area contributed by atoms with Crippen LogP contribution in [0.4, 0.5) is 0 Å². The number of ether oxygens (including phenoxy) is 2. The van der Waals surface area contributed by atoms with Crippen LogP contribution in [0.15, 0.2) is 23.2 Å². The Balaban J connectivity index is 1.35. The molecule has 7 nitrogen and oxygen atoms in total. The Hall–Kier alpha value is -1.99. The van der Waals surface area contributed by atoms with Crippen LogP contribution in [-0.4, -0.2) is 82.3 Å². The molecule has 32 heavy (non-hydrogen) atoms. The highest BCUT2D eigenvalue weighted by Gasteiger charge is 2.23. The van der Waals surface area contributed by atoms with Crippen molar-refractivity contribution in [2.45, 2.75) is 51.6 Å². The standard InChI is InChI=1S/C25H43N5O2/c1-20-8-7-12-29(17-20)11-6-5-10-27-25(26-2)28-22-9-13-30(19-22)18-21-14-23(31-3)16-24(15-21)32-4/h14-16,20,22H,5-13,17-19H2,1-4H3,(H2,26,27,28). The predicted molar refractivity (Wildman–Crippen MR) is 132 cm³/mol. The molecule has 0 radical (unpaired) electrons. The normalized spacial score (nSPS) is 22.7. The molecule has 2 aliphatic rings. The number of likely N-dealkylation sites (tertiary alicyclic amines) is 2. The summed E-state index contributed by atoms with van der Waals surface area (Å²) >= 11 is 0. The lowest BCUT2D eigenvalue weighted by molar-refractivity contribution is 0.181. The molecular weight excluding hydrogens is 402 g/mol. The lowest BCUT2D eigenvalue weighted by Crippen LogP contribution is -2.44. The molecule has 2 atom stereocenters. The van der Waals surface area contributed by atoms with E-state index in [0.717, 1.165) is 56.0 Å². The van der Waals surface area contributed by atoms with E-state index in [9.17, 15) is 0 Å². The van der Waals surface area contributed by atoms with Gasteiger partial charge in [0, 0.05) is 51.9 Å². The van der Waals surface area contributed by atoms with E-state index in [1.54, 1.807) is 14.2 Å². The molecule has 2 N–H and O–H groups in total. The molecule has 0 bridgehead atoms. The fourth-order valence-corrected chi connectivity index (χ4v) is 4.85. The molecule has 0 spiro atoms. The second kappa shape index (κ2) is 12.9. The number of guanidine groups is 1. The molecule has 2 saturated heterocycles. The fourth-order valence-electron chi connectivity index (χ4n) is 4.85. The van der Waals surface area contributed by atoms with Gasteiger partial charge < -0.3 is 25.0 Å². The van der Waals surface area contributed by atoms with Gasteiger partial charge in [0.25, 0.3) is 0 Å². The van der Waals surface area contributed by atoms with Crippen molar-refractivity contribution >= 4 is 5.96 Å². The van der Waals surface area contributed by atoms with E-state index in [2.05, 4.69) is 44.5 Å². The van der Waals surface area contributed by atoms with Crippen LogP contribution >= 0.6 is 0 Å². The molecule has 2 fully saturated rings. The predicted octanol–water partition coefficient (Wildman–Crippen LogP) is 2.96. The van der Waals surface area contributed by atoms with Gasteiger partial charge in [0.1, 0.15) is 11.5 Å². The summed E-state index contributed by atoms with van der Waals surface area (Å²) in [4.78, 5) is 9.54. The Morgan fingerprint density at radius 2 is 1.81 bits per heavy atom. The third-order valence-corrected chi connectivity index (χ3v) is 6.59. The minimum absolute atomic E-state index is 0.420. The molecule has 1 aromatic rings. The first-order valence-electron chi connectivity index (χ1n) is 12.2. The van der Waals surface area contributed by atoms with Gasteiger partial charge in [0.15, 0.2) is 5.96 Å². The van der Waals surface area contributed by atoms with E-state index >= 15 is 0 Å². The van der Waals surface area contributed by atoms with Gasteiger partial charge in [-0.25, -0.2) is 0 Å². The summed E-state index contributed by atoms with van der Waals surface area (Å²) in [5.74, 6) is 3.47. The van der Waals surface area contributed by atoms with Crippen LogP contribution in [0.2, 0.25) is 0 Å². The van der Waals surface area contributed by atoms with Crippen LogP contribution in [0.3, 0.4) is 0 Å². The van der Waals surface area contributed by atoms with Crippen molar-refractivity contribution in [2.24, 2.45) is 10.9 Å². The van der Waals surface area contributed by atoms with E-state index in [4.69, 9.17) is 9.47 Å². The summed E-state index contributed by atoms with van der Waals surface area (Å²) in [6.45, 7) is 10.1. The quantitative estimate of drug-likeness (QED) is 0.328. The molecule has 2 aliphatic heterocycles. The van der Waals surface area contributed by atoms with Gasteiger partial charge in [-0.05, 0) is 68.8 Å². The lowest BCUT2D eigenvalue weighted by Gasteiger charge is -2.30. The average Bonchev–Trinajstić information content (AvgIpc) is 3.24. The van der Waals surface area contributed by atoms with E-state index in [-0.39, 0.29) is 0 Å². The Bertz CT molecular complexity index is 704. The lowest BCUT2D eigenvalue weighted by atomic mass is 10.0. The van der Waals surface area contributed by atoms with Crippen LogP contribution in [0, 0.1) is 5.92 Å². The number of methoxy groups -OCH3 is 2. The number of aliphatic imine (C=N–C) groups is 1. The second-order valence-electron chi connectivity index (χ2n) is 9.34. The van der Waals surface area contributed by atoms with E-state index in [1.807, 2.05) is 13.1 Å². The molecule has 180 valence electrons. The van der Waals surface area contributed by atoms with Gasteiger partial charge in [-0.1, -0.05) is 6.92 Å². The Morgan fingerprint density at radius 1 is 1.03 bits per heavy atom. The number of benzene rings is 1.